The summed E-state index contributed by atoms with van der Waals surface area (Å²) in [5.74, 6) is -2.08. The first-order chi connectivity index (χ1) is 8.08. The van der Waals surface area contributed by atoms with E-state index in [9.17, 15) is 13.6 Å². The molecular weight excluding hydrogens is 230 g/mol. The Morgan fingerprint density at radius 1 is 1.53 bits per heavy atom. The van der Waals surface area contributed by atoms with Crippen LogP contribution in [0.1, 0.15) is 13.3 Å². The van der Waals surface area contributed by atoms with Crippen LogP contribution in [0.15, 0.2) is 12.3 Å². The van der Waals surface area contributed by atoms with Gasteiger partial charge >= 0.3 is 5.97 Å². The molecule has 0 unspecified atom stereocenters. The molecule has 0 radical (unpaired) electrons. The zero-order valence-electron chi connectivity index (χ0n) is 9.74. The number of hydrogen-bond donors (Lipinski definition) is 0. The number of rotatable bonds is 5. The second-order valence-electron chi connectivity index (χ2n) is 3.46. The maximum atomic E-state index is 13.5. The highest BCUT2D eigenvalue weighted by Gasteiger charge is 2.16. The molecule has 1 rings (SSSR count). The molecule has 0 aliphatic rings. The molecule has 0 aliphatic heterocycles. The van der Waals surface area contributed by atoms with Gasteiger partial charge in [-0.25, -0.2) is 13.8 Å². The van der Waals surface area contributed by atoms with Crippen LogP contribution in [0.25, 0.3) is 0 Å². The van der Waals surface area contributed by atoms with Gasteiger partial charge in [-0.3, -0.25) is 4.79 Å². The quantitative estimate of drug-likeness (QED) is 0.740. The summed E-state index contributed by atoms with van der Waals surface area (Å²) >= 11 is 0. The number of halogens is 2. The summed E-state index contributed by atoms with van der Waals surface area (Å²) in [6.07, 6.45) is 1.62. The molecule has 0 aromatic carbocycles. The van der Waals surface area contributed by atoms with E-state index in [1.54, 1.807) is 0 Å². The molecule has 0 fully saturated rings. The topological polar surface area (TPSA) is 42.4 Å². The Morgan fingerprint density at radius 3 is 2.76 bits per heavy atom. The maximum Gasteiger partial charge on any atom is 0.325 e. The van der Waals surface area contributed by atoms with Crippen LogP contribution in [0, 0.1) is 11.6 Å². The first-order valence-electron chi connectivity index (χ1n) is 5.21. The summed E-state index contributed by atoms with van der Waals surface area (Å²) in [7, 11) is 1.25. The zero-order chi connectivity index (χ0) is 12.8. The number of methoxy groups -OCH3 is 1. The number of anilines is 1. The first kappa shape index (κ1) is 13.3. The highest BCUT2D eigenvalue weighted by molar-refractivity contribution is 5.75. The van der Waals surface area contributed by atoms with Crippen LogP contribution in [0.2, 0.25) is 0 Å². The second-order valence-corrected chi connectivity index (χ2v) is 3.46. The minimum absolute atomic E-state index is 0.0429. The lowest BCUT2D eigenvalue weighted by Gasteiger charge is -2.21. The summed E-state index contributed by atoms with van der Waals surface area (Å²) in [5.41, 5.74) is 0. The molecule has 0 atom stereocenters. The molecule has 1 aromatic heterocycles. The SMILES string of the molecule is CCCN(CC(=O)OC)c1ncc(F)cc1F. The number of ether oxygens (including phenoxy) is 1. The van der Waals surface area contributed by atoms with Crippen molar-refractivity contribution in [2.75, 3.05) is 25.1 Å². The molecule has 17 heavy (non-hydrogen) atoms. The van der Waals surface area contributed by atoms with E-state index in [1.807, 2.05) is 6.92 Å². The highest BCUT2D eigenvalue weighted by atomic mass is 19.1. The number of esters is 1. The van der Waals surface area contributed by atoms with Crippen molar-refractivity contribution in [3.8, 4) is 0 Å². The van der Waals surface area contributed by atoms with Crippen molar-refractivity contribution in [2.24, 2.45) is 0 Å². The van der Waals surface area contributed by atoms with Crippen molar-refractivity contribution in [1.29, 1.82) is 0 Å². The van der Waals surface area contributed by atoms with E-state index < -0.39 is 17.6 Å². The normalized spacial score (nSPS) is 10.1. The van der Waals surface area contributed by atoms with Crippen molar-refractivity contribution in [2.45, 2.75) is 13.3 Å². The van der Waals surface area contributed by atoms with E-state index in [2.05, 4.69) is 9.72 Å². The van der Waals surface area contributed by atoms with E-state index >= 15 is 0 Å². The molecule has 1 heterocycles. The molecule has 0 saturated carbocycles. The van der Waals surface area contributed by atoms with Gasteiger partial charge in [-0.05, 0) is 6.42 Å². The van der Waals surface area contributed by atoms with Crippen LogP contribution in [0.4, 0.5) is 14.6 Å². The van der Waals surface area contributed by atoms with Gasteiger partial charge in [-0.2, -0.15) is 0 Å². The van der Waals surface area contributed by atoms with Crippen molar-refractivity contribution >= 4 is 11.8 Å². The third kappa shape index (κ3) is 3.65. The molecule has 0 saturated heterocycles. The fourth-order valence-electron chi connectivity index (χ4n) is 1.39. The molecule has 94 valence electrons. The average molecular weight is 244 g/mol. The van der Waals surface area contributed by atoms with Gasteiger partial charge < -0.3 is 9.64 Å². The smallest absolute Gasteiger partial charge is 0.325 e. The average Bonchev–Trinajstić information content (AvgIpc) is 2.28. The Bertz CT molecular complexity index is 399. The molecule has 4 nitrogen and oxygen atoms in total. The summed E-state index contributed by atoms with van der Waals surface area (Å²) < 4.78 is 30.7. The van der Waals surface area contributed by atoms with Crippen molar-refractivity contribution in [3.63, 3.8) is 0 Å². The number of aromatic nitrogens is 1. The van der Waals surface area contributed by atoms with Gasteiger partial charge in [0.2, 0.25) is 0 Å². The second kappa shape index (κ2) is 6.12. The van der Waals surface area contributed by atoms with Crippen LogP contribution >= 0.6 is 0 Å². The van der Waals surface area contributed by atoms with E-state index in [-0.39, 0.29) is 12.4 Å². The Hall–Kier alpha value is -1.72. The van der Waals surface area contributed by atoms with Gasteiger partial charge in [0.1, 0.15) is 12.4 Å². The Morgan fingerprint density at radius 2 is 2.24 bits per heavy atom. The molecule has 0 aliphatic carbocycles. The van der Waals surface area contributed by atoms with Gasteiger partial charge in [0.05, 0.1) is 13.3 Å². The van der Waals surface area contributed by atoms with E-state index in [1.165, 1.54) is 12.0 Å². The summed E-state index contributed by atoms with van der Waals surface area (Å²) in [5, 5.41) is 0. The predicted molar refractivity (Wildman–Crippen MR) is 58.7 cm³/mol. The molecule has 0 spiro atoms. The number of carbonyl (C=O) groups is 1. The van der Waals surface area contributed by atoms with Crippen molar-refractivity contribution < 1.29 is 18.3 Å². The number of pyridine rings is 1. The lowest BCUT2D eigenvalue weighted by atomic mass is 10.3. The third-order valence-electron chi connectivity index (χ3n) is 2.13. The fourth-order valence-corrected chi connectivity index (χ4v) is 1.39. The molecule has 0 amide bonds. The van der Waals surface area contributed by atoms with Gasteiger partial charge in [0.15, 0.2) is 11.6 Å². The number of hydrogen-bond acceptors (Lipinski definition) is 4. The third-order valence-corrected chi connectivity index (χ3v) is 2.13. The standard InChI is InChI=1S/C11H14F2N2O2/c1-3-4-15(7-10(16)17-2)11-9(13)5-8(12)6-14-11/h5-6H,3-4,7H2,1-2H3. The molecular formula is C11H14F2N2O2. The number of nitrogens with zero attached hydrogens (tertiary/aromatic N) is 2. The summed E-state index contributed by atoms with van der Waals surface area (Å²) in [6, 6.07) is 0.738. The van der Waals surface area contributed by atoms with Gasteiger partial charge in [-0.1, -0.05) is 6.92 Å². The van der Waals surface area contributed by atoms with Crippen LogP contribution < -0.4 is 4.90 Å². The van der Waals surface area contributed by atoms with Crippen LogP contribution in [-0.4, -0.2) is 31.2 Å². The lowest BCUT2D eigenvalue weighted by Crippen LogP contribution is -2.32. The predicted octanol–water partition coefficient (Wildman–Crippen LogP) is 1.75. The largest absolute Gasteiger partial charge is 0.468 e. The van der Waals surface area contributed by atoms with E-state index in [0.717, 1.165) is 12.3 Å². The van der Waals surface area contributed by atoms with Gasteiger partial charge in [-0.15, -0.1) is 0 Å². The molecule has 1 aromatic rings. The minimum Gasteiger partial charge on any atom is -0.468 e. The molecule has 0 N–H and O–H groups in total. The van der Waals surface area contributed by atoms with Crippen LogP contribution in [-0.2, 0) is 9.53 Å². The maximum absolute atomic E-state index is 13.5. The monoisotopic (exact) mass is 244 g/mol. The fraction of sp³-hybridized carbons (Fsp3) is 0.455. The van der Waals surface area contributed by atoms with E-state index in [4.69, 9.17) is 0 Å². The van der Waals surface area contributed by atoms with Crippen molar-refractivity contribution in [1.82, 2.24) is 4.98 Å². The Labute approximate surface area is 98.2 Å². The van der Waals surface area contributed by atoms with Gasteiger partial charge in [0, 0.05) is 12.6 Å². The van der Waals surface area contributed by atoms with Crippen molar-refractivity contribution in [3.05, 3.63) is 23.9 Å². The Balaban J connectivity index is 2.92. The molecule has 6 heteroatoms. The van der Waals surface area contributed by atoms with Crippen LogP contribution in [0.3, 0.4) is 0 Å². The first-order valence-corrected chi connectivity index (χ1v) is 5.21. The highest BCUT2D eigenvalue weighted by Crippen LogP contribution is 2.16. The van der Waals surface area contributed by atoms with Gasteiger partial charge in [0.25, 0.3) is 0 Å². The van der Waals surface area contributed by atoms with Crippen LogP contribution in [0.5, 0.6) is 0 Å². The summed E-state index contributed by atoms with van der Waals surface area (Å²) in [4.78, 5) is 16.2. The molecule has 0 bridgehead atoms. The minimum atomic E-state index is -0.789. The zero-order valence-corrected chi connectivity index (χ0v) is 9.74. The lowest BCUT2D eigenvalue weighted by molar-refractivity contribution is -0.138. The Kier molecular flexibility index (Phi) is 4.81. The van der Waals surface area contributed by atoms with E-state index in [0.29, 0.717) is 13.0 Å². The number of carbonyl (C=O) groups excluding carboxylic acids is 1. The summed E-state index contributed by atoms with van der Waals surface area (Å²) in [6.45, 7) is 2.20.